The first-order valence-electron chi connectivity index (χ1n) is 5.40. The number of benzene rings is 2. The molecule has 0 amide bonds. The van der Waals surface area contributed by atoms with E-state index in [0.717, 1.165) is 6.07 Å². The highest BCUT2D eigenvalue weighted by molar-refractivity contribution is 6.42. The largest absolute Gasteiger partial charge is 0.294 e. The number of hydrogen-bond donors (Lipinski definition) is 0. The van der Waals surface area contributed by atoms with Gasteiger partial charge in [-0.1, -0.05) is 46.9 Å². The van der Waals surface area contributed by atoms with E-state index in [-0.39, 0.29) is 22.8 Å². The first-order chi connectivity index (χ1) is 8.99. The molecule has 0 heterocycles. The van der Waals surface area contributed by atoms with Crippen LogP contribution < -0.4 is 0 Å². The van der Waals surface area contributed by atoms with Crippen LogP contribution in [0.1, 0.15) is 15.9 Å². The average Bonchev–Trinajstić information content (AvgIpc) is 2.38. The van der Waals surface area contributed by atoms with E-state index in [4.69, 9.17) is 34.8 Å². The van der Waals surface area contributed by atoms with Crippen molar-refractivity contribution in [1.29, 1.82) is 0 Å². The topological polar surface area (TPSA) is 17.1 Å². The van der Waals surface area contributed by atoms with Gasteiger partial charge in [0.05, 0.1) is 15.1 Å². The summed E-state index contributed by atoms with van der Waals surface area (Å²) in [5.41, 5.74) is 0.854. The fraction of sp³-hybridized carbons (Fsp3) is 0.0714. The molecule has 98 valence electrons. The van der Waals surface area contributed by atoms with Crippen molar-refractivity contribution in [2.45, 2.75) is 6.42 Å². The first kappa shape index (κ1) is 14.3. The van der Waals surface area contributed by atoms with Crippen LogP contribution in [0, 0.1) is 5.82 Å². The second-order valence-electron chi connectivity index (χ2n) is 3.94. The van der Waals surface area contributed by atoms with Crippen LogP contribution in [-0.4, -0.2) is 5.78 Å². The van der Waals surface area contributed by atoms with E-state index < -0.39 is 5.82 Å². The Morgan fingerprint density at radius 1 is 1.05 bits per heavy atom. The standard InChI is InChI=1S/C14H8Cl3FO/c15-10-5-4-8(6-12(10)18)13(19)7-9-2-1-3-11(16)14(9)17/h1-6H,7H2. The molecule has 0 spiro atoms. The van der Waals surface area contributed by atoms with Gasteiger partial charge in [0.2, 0.25) is 0 Å². The molecule has 0 aliphatic heterocycles. The van der Waals surface area contributed by atoms with Crippen molar-refractivity contribution in [3.05, 3.63) is 68.4 Å². The molecule has 0 aromatic heterocycles. The molecule has 2 aromatic carbocycles. The quantitative estimate of drug-likeness (QED) is 0.710. The molecule has 2 aromatic rings. The molecule has 0 N–H and O–H groups in total. The molecule has 5 heteroatoms. The Morgan fingerprint density at radius 2 is 1.79 bits per heavy atom. The van der Waals surface area contributed by atoms with Crippen LogP contribution in [0.25, 0.3) is 0 Å². The minimum atomic E-state index is -0.621. The van der Waals surface area contributed by atoms with Crippen molar-refractivity contribution in [2.24, 2.45) is 0 Å². The lowest BCUT2D eigenvalue weighted by Crippen LogP contribution is -2.04. The van der Waals surface area contributed by atoms with Gasteiger partial charge in [-0.05, 0) is 29.8 Å². The second kappa shape index (κ2) is 5.91. The Labute approximate surface area is 124 Å². The molecule has 1 nitrogen and oxygen atoms in total. The van der Waals surface area contributed by atoms with Crippen LogP contribution in [0.3, 0.4) is 0 Å². The summed E-state index contributed by atoms with van der Waals surface area (Å²) in [6.45, 7) is 0. The summed E-state index contributed by atoms with van der Waals surface area (Å²) in [5, 5.41) is 0.707. The van der Waals surface area contributed by atoms with Gasteiger partial charge in [-0.15, -0.1) is 0 Å². The summed E-state index contributed by atoms with van der Waals surface area (Å²) in [7, 11) is 0. The Kier molecular flexibility index (Phi) is 4.46. The van der Waals surface area contributed by atoms with Crippen LogP contribution in [-0.2, 0) is 6.42 Å². The Balaban J connectivity index is 2.26. The molecule has 19 heavy (non-hydrogen) atoms. The van der Waals surface area contributed by atoms with Crippen molar-refractivity contribution in [2.75, 3.05) is 0 Å². The van der Waals surface area contributed by atoms with Gasteiger partial charge in [0.1, 0.15) is 5.82 Å². The maximum absolute atomic E-state index is 13.3. The predicted octanol–water partition coefficient (Wildman–Crippen LogP) is 5.21. The van der Waals surface area contributed by atoms with Gasteiger partial charge in [0, 0.05) is 12.0 Å². The molecule has 0 aliphatic carbocycles. The van der Waals surface area contributed by atoms with Gasteiger partial charge in [0.15, 0.2) is 5.78 Å². The zero-order chi connectivity index (χ0) is 14.0. The summed E-state index contributed by atoms with van der Waals surface area (Å²) >= 11 is 17.4. The molecule has 0 saturated carbocycles. The monoisotopic (exact) mass is 316 g/mol. The van der Waals surface area contributed by atoms with E-state index in [1.165, 1.54) is 12.1 Å². The number of carbonyl (C=O) groups is 1. The van der Waals surface area contributed by atoms with Crippen molar-refractivity contribution >= 4 is 40.6 Å². The molecule has 0 atom stereocenters. The molecular weight excluding hydrogens is 310 g/mol. The zero-order valence-electron chi connectivity index (χ0n) is 9.59. The highest BCUT2D eigenvalue weighted by atomic mass is 35.5. The summed E-state index contributed by atoms with van der Waals surface area (Å²) in [4.78, 5) is 12.0. The number of rotatable bonds is 3. The second-order valence-corrected chi connectivity index (χ2v) is 5.13. The molecular formula is C14H8Cl3FO. The Hall–Kier alpha value is -1.09. The zero-order valence-corrected chi connectivity index (χ0v) is 11.9. The van der Waals surface area contributed by atoms with Gasteiger partial charge in [-0.3, -0.25) is 4.79 Å². The van der Waals surface area contributed by atoms with Crippen LogP contribution in [0.5, 0.6) is 0 Å². The summed E-state index contributed by atoms with van der Waals surface area (Å²) in [6.07, 6.45) is 0.0560. The van der Waals surface area contributed by atoms with Crippen LogP contribution in [0.4, 0.5) is 4.39 Å². The highest BCUT2D eigenvalue weighted by Crippen LogP contribution is 2.26. The third-order valence-electron chi connectivity index (χ3n) is 2.62. The van der Waals surface area contributed by atoms with Crippen LogP contribution >= 0.6 is 34.8 Å². The highest BCUT2D eigenvalue weighted by Gasteiger charge is 2.13. The number of carbonyl (C=O) groups excluding carboxylic acids is 1. The van der Waals surface area contributed by atoms with Crippen molar-refractivity contribution in [1.82, 2.24) is 0 Å². The third kappa shape index (κ3) is 3.27. The lowest BCUT2D eigenvalue weighted by atomic mass is 10.0. The Morgan fingerprint density at radius 3 is 2.47 bits per heavy atom. The molecule has 0 unspecified atom stereocenters. The first-order valence-corrected chi connectivity index (χ1v) is 6.53. The number of hydrogen-bond acceptors (Lipinski definition) is 1. The molecule has 2 rings (SSSR count). The van der Waals surface area contributed by atoms with E-state index in [1.807, 2.05) is 0 Å². The summed E-state index contributed by atoms with van der Waals surface area (Å²) in [5.74, 6) is -0.871. The fourth-order valence-electron chi connectivity index (χ4n) is 1.63. The number of halogens is 4. The van der Waals surface area contributed by atoms with E-state index in [0.29, 0.717) is 15.6 Å². The van der Waals surface area contributed by atoms with E-state index >= 15 is 0 Å². The lowest BCUT2D eigenvalue weighted by Gasteiger charge is -2.06. The van der Waals surface area contributed by atoms with Gasteiger partial charge >= 0.3 is 0 Å². The lowest BCUT2D eigenvalue weighted by molar-refractivity contribution is 0.0992. The van der Waals surface area contributed by atoms with Gasteiger partial charge < -0.3 is 0 Å². The van der Waals surface area contributed by atoms with Gasteiger partial charge in [-0.2, -0.15) is 0 Å². The SMILES string of the molecule is O=C(Cc1cccc(Cl)c1Cl)c1ccc(Cl)c(F)c1. The van der Waals surface area contributed by atoms with Crippen molar-refractivity contribution in [3.8, 4) is 0 Å². The van der Waals surface area contributed by atoms with E-state index in [9.17, 15) is 9.18 Å². The third-order valence-corrected chi connectivity index (χ3v) is 3.79. The maximum Gasteiger partial charge on any atom is 0.167 e. The maximum atomic E-state index is 13.3. The van der Waals surface area contributed by atoms with Crippen LogP contribution in [0.2, 0.25) is 15.1 Å². The number of Topliss-reactive ketones (excluding diaryl/α,β-unsaturated/α-hetero) is 1. The molecule has 0 radical (unpaired) electrons. The summed E-state index contributed by atoms with van der Waals surface area (Å²) in [6, 6.07) is 9.00. The molecule has 0 aliphatic rings. The summed E-state index contributed by atoms with van der Waals surface area (Å²) < 4.78 is 13.3. The minimum absolute atomic E-state index is 0.0164. The number of ketones is 1. The van der Waals surface area contributed by atoms with Crippen LogP contribution in [0.15, 0.2) is 36.4 Å². The minimum Gasteiger partial charge on any atom is -0.294 e. The molecule has 0 bridgehead atoms. The van der Waals surface area contributed by atoms with E-state index in [2.05, 4.69) is 0 Å². The smallest absolute Gasteiger partial charge is 0.167 e. The van der Waals surface area contributed by atoms with Crippen molar-refractivity contribution < 1.29 is 9.18 Å². The molecule has 0 saturated heterocycles. The van der Waals surface area contributed by atoms with E-state index in [1.54, 1.807) is 18.2 Å². The van der Waals surface area contributed by atoms with Gasteiger partial charge in [-0.25, -0.2) is 4.39 Å². The predicted molar refractivity (Wildman–Crippen MR) is 75.9 cm³/mol. The Bertz CT molecular complexity index is 641. The fourth-order valence-corrected chi connectivity index (χ4v) is 2.13. The average molecular weight is 318 g/mol. The van der Waals surface area contributed by atoms with Crippen molar-refractivity contribution in [3.63, 3.8) is 0 Å². The molecule has 0 fully saturated rings. The van der Waals surface area contributed by atoms with Gasteiger partial charge in [0.25, 0.3) is 0 Å². The normalized spacial score (nSPS) is 10.5.